The van der Waals surface area contributed by atoms with Gasteiger partial charge in [-0.3, -0.25) is 4.79 Å². The molecule has 28 heavy (non-hydrogen) atoms. The molecular formula is C24H32N2O2. The highest BCUT2D eigenvalue weighted by atomic mass is 16.5. The largest absolute Gasteiger partial charge is 0.465 e. The Morgan fingerprint density at radius 1 is 1.04 bits per heavy atom. The quantitative estimate of drug-likeness (QED) is 0.683. The van der Waals surface area contributed by atoms with Crippen molar-refractivity contribution in [3.8, 4) is 0 Å². The standard InChI is InChI=1S/C24H32N2O2/c1-4-28-23(27)24(21-13-9-6-10-14-21)15-17-26(18-16-24)19-22(25(2)3)20-11-7-5-8-12-20/h5-14,22H,4,15-19H2,1-3H3. The van der Waals surface area contributed by atoms with Crippen LogP contribution in [0.1, 0.15) is 36.9 Å². The summed E-state index contributed by atoms with van der Waals surface area (Å²) in [6.45, 7) is 5.06. The number of rotatable bonds is 7. The molecule has 0 saturated carbocycles. The third-order valence-electron chi connectivity index (χ3n) is 5.94. The van der Waals surface area contributed by atoms with Crippen molar-refractivity contribution in [2.45, 2.75) is 31.2 Å². The first-order chi connectivity index (χ1) is 13.6. The van der Waals surface area contributed by atoms with E-state index in [9.17, 15) is 4.79 Å². The highest BCUT2D eigenvalue weighted by Gasteiger charge is 2.44. The number of likely N-dealkylation sites (N-methyl/N-ethyl adjacent to an activating group) is 1. The average molecular weight is 381 g/mol. The number of piperidine rings is 1. The van der Waals surface area contributed by atoms with Gasteiger partial charge in [-0.05, 0) is 58.1 Å². The molecule has 150 valence electrons. The fraction of sp³-hybridized carbons (Fsp3) is 0.458. The van der Waals surface area contributed by atoms with E-state index in [2.05, 4.69) is 66.4 Å². The Hall–Kier alpha value is -2.17. The molecule has 1 fully saturated rings. The van der Waals surface area contributed by atoms with Crippen LogP contribution in [0.4, 0.5) is 0 Å². The van der Waals surface area contributed by atoms with E-state index in [-0.39, 0.29) is 5.97 Å². The van der Waals surface area contributed by atoms with Gasteiger partial charge >= 0.3 is 5.97 Å². The van der Waals surface area contributed by atoms with Gasteiger partial charge in [0.1, 0.15) is 0 Å². The molecule has 4 nitrogen and oxygen atoms in total. The number of esters is 1. The van der Waals surface area contributed by atoms with Crippen molar-refractivity contribution in [2.75, 3.05) is 40.3 Å². The summed E-state index contributed by atoms with van der Waals surface area (Å²) in [6.07, 6.45) is 1.59. The Balaban J connectivity index is 1.74. The molecule has 2 aromatic rings. The normalized spacial score (nSPS) is 18.0. The first kappa shape index (κ1) is 20.6. The predicted molar refractivity (Wildman–Crippen MR) is 113 cm³/mol. The number of hydrogen-bond donors (Lipinski definition) is 0. The lowest BCUT2D eigenvalue weighted by Gasteiger charge is -2.42. The van der Waals surface area contributed by atoms with Crippen molar-refractivity contribution < 1.29 is 9.53 Å². The summed E-state index contributed by atoms with van der Waals surface area (Å²) >= 11 is 0. The van der Waals surface area contributed by atoms with Crippen LogP contribution in [0.25, 0.3) is 0 Å². The first-order valence-corrected chi connectivity index (χ1v) is 10.2. The average Bonchev–Trinajstić information content (AvgIpc) is 2.73. The molecule has 1 aliphatic rings. The molecule has 0 radical (unpaired) electrons. The minimum atomic E-state index is -0.520. The molecule has 2 aromatic carbocycles. The molecule has 0 amide bonds. The maximum atomic E-state index is 12.9. The molecule has 4 heteroatoms. The van der Waals surface area contributed by atoms with E-state index in [4.69, 9.17) is 4.74 Å². The molecule has 0 aliphatic carbocycles. The van der Waals surface area contributed by atoms with Crippen LogP contribution < -0.4 is 0 Å². The third kappa shape index (κ3) is 4.45. The lowest BCUT2D eigenvalue weighted by molar-refractivity contribution is -0.152. The van der Waals surface area contributed by atoms with Gasteiger partial charge in [0.25, 0.3) is 0 Å². The minimum Gasteiger partial charge on any atom is -0.465 e. The second kappa shape index (κ2) is 9.35. The van der Waals surface area contributed by atoms with Crippen LogP contribution in [-0.2, 0) is 14.9 Å². The fourth-order valence-electron chi connectivity index (χ4n) is 4.24. The first-order valence-electron chi connectivity index (χ1n) is 10.2. The van der Waals surface area contributed by atoms with Gasteiger partial charge in [-0.1, -0.05) is 60.7 Å². The topological polar surface area (TPSA) is 32.8 Å². The van der Waals surface area contributed by atoms with Gasteiger partial charge in [0.2, 0.25) is 0 Å². The summed E-state index contributed by atoms with van der Waals surface area (Å²) in [5, 5.41) is 0. The van der Waals surface area contributed by atoms with Gasteiger partial charge < -0.3 is 14.5 Å². The van der Waals surface area contributed by atoms with Crippen LogP contribution in [0.2, 0.25) is 0 Å². The van der Waals surface area contributed by atoms with Gasteiger partial charge in [0.15, 0.2) is 0 Å². The Morgan fingerprint density at radius 2 is 1.61 bits per heavy atom. The number of carbonyl (C=O) groups excluding carboxylic acids is 1. The number of nitrogens with zero attached hydrogens (tertiary/aromatic N) is 2. The molecule has 0 spiro atoms. The molecular weight excluding hydrogens is 348 g/mol. The van der Waals surface area contributed by atoms with Gasteiger partial charge in [0.05, 0.1) is 12.0 Å². The van der Waals surface area contributed by atoms with Crippen LogP contribution in [-0.4, -0.2) is 56.1 Å². The maximum Gasteiger partial charge on any atom is 0.316 e. The summed E-state index contributed by atoms with van der Waals surface area (Å²) in [5.74, 6) is -0.0759. The van der Waals surface area contributed by atoms with Crippen molar-refractivity contribution in [1.29, 1.82) is 0 Å². The van der Waals surface area contributed by atoms with Crippen LogP contribution in [0.3, 0.4) is 0 Å². The molecule has 1 heterocycles. The van der Waals surface area contributed by atoms with Crippen molar-refractivity contribution >= 4 is 5.97 Å². The lowest BCUT2D eigenvalue weighted by Crippen LogP contribution is -2.49. The summed E-state index contributed by atoms with van der Waals surface area (Å²) in [5.41, 5.74) is 1.90. The molecule has 0 bridgehead atoms. The zero-order valence-corrected chi connectivity index (χ0v) is 17.3. The number of likely N-dealkylation sites (tertiary alicyclic amines) is 1. The maximum absolute atomic E-state index is 12.9. The molecule has 1 atom stereocenters. The Bertz CT molecular complexity index is 738. The Kier molecular flexibility index (Phi) is 6.87. The SMILES string of the molecule is CCOC(=O)C1(c2ccccc2)CCN(CC(c2ccccc2)N(C)C)CC1. The Morgan fingerprint density at radius 3 is 2.14 bits per heavy atom. The smallest absolute Gasteiger partial charge is 0.316 e. The zero-order chi connectivity index (χ0) is 20.0. The van der Waals surface area contributed by atoms with Crippen LogP contribution in [0.15, 0.2) is 60.7 Å². The van der Waals surface area contributed by atoms with Crippen molar-refractivity contribution in [3.05, 3.63) is 71.8 Å². The number of ether oxygens (including phenoxy) is 1. The number of carbonyl (C=O) groups is 1. The van der Waals surface area contributed by atoms with E-state index in [0.29, 0.717) is 12.6 Å². The van der Waals surface area contributed by atoms with Gasteiger partial charge in [-0.25, -0.2) is 0 Å². The van der Waals surface area contributed by atoms with E-state index < -0.39 is 5.41 Å². The van der Waals surface area contributed by atoms with E-state index in [1.807, 2.05) is 25.1 Å². The fourth-order valence-corrected chi connectivity index (χ4v) is 4.24. The summed E-state index contributed by atoms with van der Waals surface area (Å²) in [7, 11) is 4.27. The summed E-state index contributed by atoms with van der Waals surface area (Å²) in [4.78, 5) is 17.7. The molecule has 1 aliphatic heterocycles. The van der Waals surface area contributed by atoms with Gasteiger partial charge in [-0.15, -0.1) is 0 Å². The number of hydrogen-bond acceptors (Lipinski definition) is 4. The number of benzene rings is 2. The second-order valence-electron chi connectivity index (χ2n) is 7.86. The molecule has 1 saturated heterocycles. The summed E-state index contributed by atoms with van der Waals surface area (Å²) < 4.78 is 5.50. The van der Waals surface area contributed by atoms with Crippen molar-refractivity contribution in [3.63, 3.8) is 0 Å². The molecule has 0 N–H and O–H groups in total. The van der Waals surface area contributed by atoms with E-state index in [1.54, 1.807) is 0 Å². The van der Waals surface area contributed by atoms with Crippen molar-refractivity contribution in [1.82, 2.24) is 9.80 Å². The molecule has 3 rings (SSSR count). The van der Waals surface area contributed by atoms with E-state index in [1.165, 1.54) is 5.56 Å². The Labute approximate surface area is 169 Å². The van der Waals surface area contributed by atoms with Gasteiger partial charge in [-0.2, -0.15) is 0 Å². The predicted octanol–water partition coefficient (Wildman–Crippen LogP) is 3.89. The van der Waals surface area contributed by atoms with E-state index in [0.717, 1.165) is 38.0 Å². The molecule has 0 aromatic heterocycles. The summed E-state index contributed by atoms with van der Waals surface area (Å²) in [6, 6.07) is 21.2. The lowest BCUT2D eigenvalue weighted by atomic mass is 9.72. The monoisotopic (exact) mass is 380 g/mol. The third-order valence-corrected chi connectivity index (χ3v) is 5.94. The molecule has 1 unspecified atom stereocenters. The zero-order valence-electron chi connectivity index (χ0n) is 17.3. The van der Waals surface area contributed by atoms with Crippen LogP contribution in [0, 0.1) is 0 Å². The highest BCUT2D eigenvalue weighted by molar-refractivity contribution is 5.83. The minimum absolute atomic E-state index is 0.0759. The second-order valence-corrected chi connectivity index (χ2v) is 7.86. The van der Waals surface area contributed by atoms with Gasteiger partial charge in [0, 0.05) is 12.6 Å². The van der Waals surface area contributed by atoms with Crippen LogP contribution in [0.5, 0.6) is 0 Å². The van der Waals surface area contributed by atoms with Crippen LogP contribution >= 0.6 is 0 Å². The van der Waals surface area contributed by atoms with Crippen molar-refractivity contribution in [2.24, 2.45) is 0 Å². The highest BCUT2D eigenvalue weighted by Crippen LogP contribution is 2.37. The van der Waals surface area contributed by atoms with E-state index >= 15 is 0 Å².